The van der Waals surface area contributed by atoms with Crippen LogP contribution in [0.2, 0.25) is 0 Å². The summed E-state index contributed by atoms with van der Waals surface area (Å²) >= 11 is 0. The molecule has 0 atom stereocenters. The van der Waals surface area contributed by atoms with Gasteiger partial charge in [-0.05, 0) is 23.3 Å². The molecule has 0 fully saturated rings. The maximum absolute atomic E-state index is 9.13. The zero-order valence-electron chi connectivity index (χ0n) is 13.3. The molecule has 0 bridgehead atoms. The largest absolute Gasteiger partial charge is 0.347 e. The summed E-state index contributed by atoms with van der Waals surface area (Å²) in [5, 5.41) is 9.13. The predicted octanol–water partition coefficient (Wildman–Crippen LogP) is 3.39. The van der Waals surface area contributed by atoms with Crippen LogP contribution in [0.5, 0.6) is 0 Å². The van der Waals surface area contributed by atoms with E-state index in [1.54, 1.807) is 24.8 Å². The Bertz CT molecular complexity index is 944. The highest BCUT2D eigenvalue weighted by Crippen LogP contribution is 2.41. The SMILES string of the molecule is N#Cc1ccc(C(c2ccccc2)(c2ncc[nH]2)c2ncc[nH]2)cc1. The minimum atomic E-state index is -0.720. The molecular formula is C20H15N5. The Kier molecular flexibility index (Phi) is 3.64. The molecule has 0 saturated carbocycles. The van der Waals surface area contributed by atoms with Crippen LogP contribution in [0.1, 0.15) is 28.3 Å². The van der Waals surface area contributed by atoms with Gasteiger partial charge in [0.25, 0.3) is 0 Å². The molecular weight excluding hydrogens is 310 g/mol. The smallest absolute Gasteiger partial charge is 0.136 e. The van der Waals surface area contributed by atoms with E-state index in [0.29, 0.717) is 5.56 Å². The van der Waals surface area contributed by atoms with Gasteiger partial charge in [-0.3, -0.25) is 0 Å². The Hall–Kier alpha value is -3.65. The van der Waals surface area contributed by atoms with Crippen LogP contribution in [0.4, 0.5) is 0 Å². The zero-order chi connectivity index (χ0) is 17.1. The van der Waals surface area contributed by atoms with Crippen LogP contribution in [-0.4, -0.2) is 19.9 Å². The zero-order valence-corrected chi connectivity index (χ0v) is 13.3. The van der Waals surface area contributed by atoms with Gasteiger partial charge in [-0.2, -0.15) is 5.26 Å². The monoisotopic (exact) mass is 325 g/mol. The third-order valence-electron chi connectivity index (χ3n) is 4.36. The molecule has 2 aromatic heterocycles. The fourth-order valence-corrected chi connectivity index (χ4v) is 3.25. The lowest BCUT2D eigenvalue weighted by atomic mass is 9.72. The number of imidazole rings is 2. The van der Waals surface area contributed by atoms with Crippen LogP contribution in [0.15, 0.2) is 79.4 Å². The van der Waals surface area contributed by atoms with Gasteiger partial charge in [0.15, 0.2) is 0 Å². The van der Waals surface area contributed by atoms with Crippen molar-refractivity contribution in [2.45, 2.75) is 5.41 Å². The lowest BCUT2D eigenvalue weighted by Crippen LogP contribution is -2.33. The second-order valence-corrected chi connectivity index (χ2v) is 5.68. The molecule has 4 aromatic rings. The summed E-state index contributed by atoms with van der Waals surface area (Å²) < 4.78 is 0. The molecule has 0 amide bonds. The van der Waals surface area contributed by atoms with E-state index in [0.717, 1.165) is 22.8 Å². The van der Waals surface area contributed by atoms with Crippen molar-refractivity contribution in [2.75, 3.05) is 0 Å². The summed E-state index contributed by atoms with van der Waals surface area (Å²) in [6.07, 6.45) is 7.08. The Morgan fingerprint density at radius 2 is 1.32 bits per heavy atom. The first-order chi connectivity index (χ1) is 12.4. The van der Waals surface area contributed by atoms with Gasteiger partial charge < -0.3 is 9.97 Å². The first-order valence-electron chi connectivity index (χ1n) is 7.91. The fraction of sp³-hybridized carbons (Fsp3) is 0.0500. The topological polar surface area (TPSA) is 81.2 Å². The van der Waals surface area contributed by atoms with Crippen molar-refractivity contribution < 1.29 is 0 Å². The fourth-order valence-electron chi connectivity index (χ4n) is 3.25. The number of rotatable bonds is 4. The van der Waals surface area contributed by atoms with Gasteiger partial charge in [0.05, 0.1) is 11.6 Å². The highest BCUT2D eigenvalue weighted by molar-refractivity contribution is 5.53. The molecule has 0 aliphatic heterocycles. The van der Waals surface area contributed by atoms with Crippen LogP contribution in [0.3, 0.4) is 0 Å². The van der Waals surface area contributed by atoms with Crippen LogP contribution in [-0.2, 0) is 5.41 Å². The number of nitrogens with one attached hydrogen (secondary N) is 2. The summed E-state index contributed by atoms with van der Waals surface area (Å²) in [4.78, 5) is 15.6. The van der Waals surface area contributed by atoms with E-state index >= 15 is 0 Å². The molecule has 0 radical (unpaired) electrons. The van der Waals surface area contributed by atoms with Gasteiger partial charge in [-0.15, -0.1) is 0 Å². The van der Waals surface area contributed by atoms with Crippen molar-refractivity contribution in [1.29, 1.82) is 5.26 Å². The number of hydrogen-bond acceptors (Lipinski definition) is 3. The van der Waals surface area contributed by atoms with E-state index in [-0.39, 0.29) is 0 Å². The Labute approximate surface area is 145 Å². The molecule has 4 rings (SSSR count). The maximum atomic E-state index is 9.13. The molecule has 0 aliphatic rings. The van der Waals surface area contributed by atoms with Gasteiger partial charge in [-0.25, -0.2) is 9.97 Å². The Morgan fingerprint density at radius 1 is 0.760 bits per heavy atom. The van der Waals surface area contributed by atoms with Crippen LogP contribution < -0.4 is 0 Å². The highest BCUT2D eigenvalue weighted by atomic mass is 15.0. The number of benzene rings is 2. The van der Waals surface area contributed by atoms with Crippen molar-refractivity contribution in [3.05, 3.63) is 108 Å². The van der Waals surface area contributed by atoms with E-state index in [1.807, 2.05) is 42.5 Å². The molecule has 25 heavy (non-hydrogen) atoms. The van der Waals surface area contributed by atoms with E-state index < -0.39 is 5.41 Å². The quantitative estimate of drug-likeness (QED) is 0.603. The van der Waals surface area contributed by atoms with Gasteiger partial charge in [0.2, 0.25) is 0 Å². The van der Waals surface area contributed by atoms with E-state index in [1.165, 1.54) is 0 Å². The third kappa shape index (κ3) is 2.32. The van der Waals surface area contributed by atoms with Crippen molar-refractivity contribution >= 4 is 0 Å². The summed E-state index contributed by atoms with van der Waals surface area (Å²) in [7, 11) is 0. The number of nitrogens with zero attached hydrogens (tertiary/aromatic N) is 3. The summed E-state index contributed by atoms with van der Waals surface area (Å²) in [5.41, 5.74) is 1.90. The molecule has 2 aromatic carbocycles. The molecule has 2 heterocycles. The number of nitriles is 1. The molecule has 0 spiro atoms. The number of H-pyrrole nitrogens is 2. The minimum Gasteiger partial charge on any atom is -0.347 e. The average Bonchev–Trinajstić information content (AvgIpc) is 3.39. The van der Waals surface area contributed by atoms with E-state index in [4.69, 9.17) is 5.26 Å². The number of hydrogen-bond donors (Lipinski definition) is 2. The van der Waals surface area contributed by atoms with Crippen LogP contribution in [0.25, 0.3) is 0 Å². The average molecular weight is 325 g/mol. The molecule has 2 N–H and O–H groups in total. The molecule has 120 valence electrons. The van der Waals surface area contributed by atoms with Gasteiger partial charge in [-0.1, -0.05) is 42.5 Å². The number of aromatic nitrogens is 4. The summed E-state index contributed by atoms with van der Waals surface area (Å²) in [6, 6.07) is 19.8. The lowest BCUT2D eigenvalue weighted by Gasteiger charge is -2.31. The standard InChI is InChI=1S/C20H15N5/c21-14-15-6-8-17(9-7-15)20(18-22-10-11-23-18,19-24-12-13-25-19)16-4-2-1-3-5-16/h1-13H,(H,22,23)(H,24,25). The van der Waals surface area contributed by atoms with Gasteiger partial charge >= 0.3 is 0 Å². The molecule has 0 saturated heterocycles. The number of aromatic amines is 2. The molecule has 0 aliphatic carbocycles. The van der Waals surface area contributed by atoms with Crippen molar-refractivity contribution in [3.63, 3.8) is 0 Å². The van der Waals surface area contributed by atoms with Gasteiger partial charge in [0.1, 0.15) is 17.1 Å². The Morgan fingerprint density at radius 3 is 1.80 bits per heavy atom. The summed E-state index contributed by atoms with van der Waals surface area (Å²) in [6.45, 7) is 0. The Balaban J connectivity index is 2.07. The normalized spacial score (nSPS) is 11.2. The van der Waals surface area contributed by atoms with Crippen molar-refractivity contribution in [2.24, 2.45) is 0 Å². The second kappa shape index (κ2) is 6.10. The first-order valence-corrected chi connectivity index (χ1v) is 7.91. The van der Waals surface area contributed by atoms with E-state index in [2.05, 4.69) is 38.1 Å². The lowest BCUT2D eigenvalue weighted by molar-refractivity contribution is 0.649. The molecule has 5 nitrogen and oxygen atoms in total. The molecule has 0 unspecified atom stereocenters. The van der Waals surface area contributed by atoms with Crippen molar-refractivity contribution in [1.82, 2.24) is 19.9 Å². The second-order valence-electron chi connectivity index (χ2n) is 5.68. The third-order valence-corrected chi connectivity index (χ3v) is 4.36. The maximum Gasteiger partial charge on any atom is 0.136 e. The summed E-state index contributed by atoms with van der Waals surface area (Å²) in [5.74, 6) is 1.52. The van der Waals surface area contributed by atoms with E-state index in [9.17, 15) is 0 Å². The highest BCUT2D eigenvalue weighted by Gasteiger charge is 2.43. The molecule has 5 heteroatoms. The van der Waals surface area contributed by atoms with Crippen LogP contribution >= 0.6 is 0 Å². The minimum absolute atomic E-state index is 0.615. The predicted molar refractivity (Wildman–Crippen MR) is 93.8 cm³/mol. The van der Waals surface area contributed by atoms with Crippen molar-refractivity contribution in [3.8, 4) is 6.07 Å². The first kappa shape index (κ1) is 14.9. The van der Waals surface area contributed by atoms with Gasteiger partial charge in [0, 0.05) is 24.8 Å². The van der Waals surface area contributed by atoms with Crippen LogP contribution in [0, 0.1) is 11.3 Å².